The van der Waals surface area contributed by atoms with Gasteiger partial charge in [0, 0.05) is 20.1 Å². The largest absolute Gasteiger partial charge is 0.409 e. The van der Waals surface area contributed by atoms with E-state index in [0.717, 1.165) is 32.0 Å². The van der Waals surface area contributed by atoms with E-state index < -0.39 is 0 Å². The predicted octanol–water partition coefficient (Wildman–Crippen LogP) is -0.439. The second-order valence-corrected chi connectivity index (χ2v) is 5.63. The van der Waals surface area contributed by atoms with E-state index in [-0.39, 0.29) is 11.7 Å². The summed E-state index contributed by atoms with van der Waals surface area (Å²) in [7, 11) is 2.06. The van der Waals surface area contributed by atoms with Crippen LogP contribution in [0, 0.1) is 12.3 Å². The minimum absolute atomic E-state index is 0.167. The summed E-state index contributed by atoms with van der Waals surface area (Å²) in [6, 6.07) is 0. The molecule has 0 aliphatic carbocycles. The number of aromatic amines is 1. The van der Waals surface area contributed by atoms with Crippen LogP contribution in [-0.4, -0.2) is 87.3 Å². The van der Waals surface area contributed by atoms with Crippen LogP contribution in [0.5, 0.6) is 0 Å². The fraction of sp³-hybridized carbons (Fsp3) is 0.667. The normalized spacial score (nSPS) is 14.2. The van der Waals surface area contributed by atoms with Crippen LogP contribution in [-0.2, 0) is 0 Å². The van der Waals surface area contributed by atoms with Crippen molar-refractivity contribution in [2.24, 2.45) is 26.6 Å². The van der Waals surface area contributed by atoms with Gasteiger partial charge in [-0.05, 0) is 34.6 Å². The third-order valence-electron chi connectivity index (χ3n) is 2.78. The van der Waals surface area contributed by atoms with Crippen molar-refractivity contribution in [3.8, 4) is 0 Å². The fourth-order valence-corrected chi connectivity index (χ4v) is 1.37. The van der Waals surface area contributed by atoms with Crippen molar-refractivity contribution in [1.29, 1.82) is 5.41 Å². The molecule has 160 valence electrons. The number of aryl methyl sites for hydroxylation is 1. The van der Waals surface area contributed by atoms with Crippen molar-refractivity contribution in [3.05, 3.63) is 5.82 Å². The fourth-order valence-electron chi connectivity index (χ4n) is 1.37. The Balaban J connectivity index is 0. The van der Waals surface area contributed by atoms with Crippen molar-refractivity contribution < 1.29 is 5.21 Å². The van der Waals surface area contributed by atoms with E-state index in [9.17, 15) is 0 Å². The number of nitrogens with one attached hydrogen (secondary N) is 3. The summed E-state index contributed by atoms with van der Waals surface area (Å²) in [5.74, 6) is 3.27. The van der Waals surface area contributed by atoms with E-state index in [0.29, 0.717) is 5.82 Å². The molecule has 0 saturated heterocycles. The minimum atomic E-state index is 0.167. The highest BCUT2D eigenvalue weighted by atomic mass is 16.4. The monoisotopic (exact) mass is 398 g/mol. The van der Waals surface area contributed by atoms with Crippen LogP contribution in [0.25, 0.3) is 0 Å². The first kappa shape index (κ1) is 27.0. The smallest absolute Gasteiger partial charge is 0.171 e. The number of amidine groups is 4. The van der Waals surface area contributed by atoms with Crippen LogP contribution in [0.15, 0.2) is 15.1 Å². The Morgan fingerprint density at radius 2 is 1.75 bits per heavy atom. The maximum absolute atomic E-state index is 7.61. The standard InChI is InChI=1S/C5H10N2.C4H8N2.C2H4N4.C2H6N2O.C2H6N2/c1-5-6-3-4-7(5)2;1-4-5-2-3-6-4;1-2-3-5-6-4-2;1-2(3)4-5;1-2(3)4/h3-4H2,1-2H3;2-3H2,1H3,(H,5,6);1H3,(H,3,4,5,6);5H,1H3,(H2,3,4);1H3,(H3,3,4). The predicted molar refractivity (Wildman–Crippen MR) is 112 cm³/mol. The highest BCUT2D eigenvalue weighted by molar-refractivity contribution is 5.81. The van der Waals surface area contributed by atoms with Gasteiger partial charge in [-0.15, -0.1) is 10.2 Å². The Bertz CT molecular complexity index is 601. The van der Waals surface area contributed by atoms with Crippen LogP contribution in [0.3, 0.4) is 0 Å². The van der Waals surface area contributed by atoms with Gasteiger partial charge in [-0.3, -0.25) is 15.4 Å². The lowest BCUT2D eigenvalue weighted by Gasteiger charge is -2.07. The summed E-state index contributed by atoms with van der Waals surface area (Å²) >= 11 is 0. The van der Waals surface area contributed by atoms with Gasteiger partial charge in [0.15, 0.2) is 5.82 Å². The molecule has 2 aliphatic heterocycles. The molecule has 1 aromatic rings. The van der Waals surface area contributed by atoms with E-state index in [2.05, 4.69) is 53.0 Å². The van der Waals surface area contributed by atoms with Crippen molar-refractivity contribution in [3.63, 3.8) is 0 Å². The van der Waals surface area contributed by atoms with Crippen LogP contribution in [0.4, 0.5) is 0 Å². The molecule has 0 fully saturated rings. The number of hydrogen-bond donors (Lipinski definition) is 6. The van der Waals surface area contributed by atoms with Crippen molar-refractivity contribution in [2.75, 3.05) is 33.2 Å². The van der Waals surface area contributed by atoms with Crippen LogP contribution >= 0.6 is 0 Å². The summed E-state index contributed by atoms with van der Waals surface area (Å²) in [6.45, 7) is 12.9. The molecular formula is C15H34N12O. The molecule has 2 aliphatic rings. The lowest BCUT2D eigenvalue weighted by Crippen LogP contribution is -2.19. The molecule has 13 heteroatoms. The van der Waals surface area contributed by atoms with Crippen molar-refractivity contribution >= 4 is 23.3 Å². The number of aliphatic imine (C=N–C) groups is 2. The van der Waals surface area contributed by atoms with Crippen LogP contribution < -0.4 is 16.8 Å². The zero-order chi connectivity index (χ0) is 21.9. The van der Waals surface area contributed by atoms with Gasteiger partial charge in [0.25, 0.3) is 0 Å². The Labute approximate surface area is 165 Å². The molecule has 8 N–H and O–H groups in total. The third kappa shape index (κ3) is 20.8. The number of oxime groups is 1. The number of aromatic nitrogens is 4. The molecule has 0 bridgehead atoms. The molecule has 0 unspecified atom stereocenters. The quantitative estimate of drug-likeness (QED) is 0.146. The first-order valence-corrected chi connectivity index (χ1v) is 8.52. The van der Waals surface area contributed by atoms with Gasteiger partial charge < -0.3 is 26.9 Å². The highest BCUT2D eigenvalue weighted by Gasteiger charge is 2.04. The second kappa shape index (κ2) is 17.2. The van der Waals surface area contributed by atoms with E-state index >= 15 is 0 Å². The van der Waals surface area contributed by atoms with E-state index in [1.54, 1.807) is 6.92 Å². The zero-order valence-electron chi connectivity index (χ0n) is 17.6. The third-order valence-corrected chi connectivity index (χ3v) is 2.78. The van der Waals surface area contributed by atoms with Crippen LogP contribution in [0.2, 0.25) is 0 Å². The number of H-pyrrole nitrogens is 1. The Morgan fingerprint density at radius 3 is 1.86 bits per heavy atom. The highest BCUT2D eigenvalue weighted by Crippen LogP contribution is 1.94. The average Bonchev–Trinajstić information content (AvgIpc) is 3.35. The van der Waals surface area contributed by atoms with Gasteiger partial charge in [0.2, 0.25) is 0 Å². The van der Waals surface area contributed by atoms with Gasteiger partial charge in [-0.2, -0.15) is 5.21 Å². The first-order chi connectivity index (χ1) is 13.1. The van der Waals surface area contributed by atoms with E-state index in [1.165, 1.54) is 19.7 Å². The molecule has 28 heavy (non-hydrogen) atoms. The molecule has 0 amide bonds. The van der Waals surface area contributed by atoms with E-state index in [4.69, 9.17) is 22.1 Å². The molecule has 0 radical (unpaired) electrons. The lowest BCUT2D eigenvalue weighted by atomic mass is 10.6. The van der Waals surface area contributed by atoms with Crippen molar-refractivity contribution in [2.45, 2.75) is 34.6 Å². The lowest BCUT2D eigenvalue weighted by molar-refractivity contribution is 0.318. The Kier molecular flexibility index (Phi) is 16.5. The van der Waals surface area contributed by atoms with Crippen LogP contribution in [0.1, 0.15) is 33.5 Å². The number of nitrogens with two attached hydrogens (primary N) is 2. The molecular weight excluding hydrogens is 364 g/mol. The number of nitrogens with zero attached hydrogens (tertiary/aromatic N) is 7. The summed E-state index contributed by atoms with van der Waals surface area (Å²) in [5, 5.41) is 32.3. The first-order valence-electron chi connectivity index (χ1n) is 8.52. The minimum Gasteiger partial charge on any atom is -0.409 e. The molecule has 1 aromatic heterocycles. The Morgan fingerprint density at radius 1 is 1.18 bits per heavy atom. The maximum Gasteiger partial charge on any atom is 0.171 e. The maximum atomic E-state index is 7.61. The molecule has 13 nitrogen and oxygen atoms in total. The molecule has 3 rings (SSSR count). The van der Waals surface area contributed by atoms with Gasteiger partial charge in [0.05, 0.1) is 30.6 Å². The SMILES string of the molecule is C/C(N)=N/O.CC(=N)N.CC1=NCCN1.CC1=NCCN1C.Cc1nn[nH]n1. The van der Waals surface area contributed by atoms with Gasteiger partial charge >= 0.3 is 0 Å². The molecule has 0 aromatic carbocycles. The number of likely N-dealkylation sites (N-methyl/N-ethyl adjacent to an activating group) is 1. The van der Waals surface area contributed by atoms with Gasteiger partial charge in [0.1, 0.15) is 5.84 Å². The number of tetrazole rings is 1. The zero-order valence-corrected chi connectivity index (χ0v) is 17.6. The molecule has 0 saturated carbocycles. The average molecular weight is 399 g/mol. The summed E-state index contributed by atoms with van der Waals surface area (Å²) < 4.78 is 0. The summed E-state index contributed by atoms with van der Waals surface area (Å²) in [6.07, 6.45) is 0. The molecule has 0 spiro atoms. The number of rotatable bonds is 0. The van der Waals surface area contributed by atoms with Crippen molar-refractivity contribution in [1.82, 2.24) is 30.8 Å². The summed E-state index contributed by atoms with van der Waals surface area (Å²) in [5.41, 5.74) is 9.49. The molecule has 0 atom stereocenters. The van der Waals surface area contributed by atoms with Gasteiger partial charge in [-0.1, -0.05) is 10.4 Å². The van der Waals surface area contributed by atoms with E-state index in [1.807, 2.05) is 13.8 Å². The second-order valence-electron chi connectivity index (χ2n) is 5.63. The number of hydrogen-bond acceptors (Lipinski definition) is 10. The topological polar surface area (TPSA) is 203 Å². The Hall–Kier alpha value is -3.25. The van der Waals surface area contributed by atoms with Gasteiger partial charge in [-0.25, -0.2) is 0 Å². The molecule has 3 heterocycles. The summed E-state index contributed by atoms with van der Waals surface area (Å²) in [4.78, 5) is 10.4.